The molecule has 0 aliphatic carbocycles. The van der Waals surface area contributed by atoms with Crippen LogP contribution in [0.3, 0.4) is 0 Å². The van der Waals surface area contributed by atoms with E-state index >= 15 is 0 Å². The number of nitrogens with one attached hydrogen (secondary N) is 1. The summed E-state index contributed by atoms with van der Waals surface area (Å²) >= 11 is 0. The van der Waals surface area contributed by atoms with Gasteiger partial charge in [-0.2, -0.15) is 0 Å². The number of benzene rings is 1. The Hall–Kier alpha value is -1.64. The number of primary sulfonamides is 1. The number of anilines is 1. The van der Waals surface area contributed by atoms with E-state index in [4.69, 9.17) is 15.0 Å². The number of rotatable bonds is 6. The standard InChI is InChI=1S/C11H16N2O5S/c1-7(6-18-2)13-9-4-3-8(11(14)15)5-10(9)19(12,16)17/h3-5,7,13H,6H2,1-2H3,(H,14,15)(H2,12,16,17). The molecule has 7 nitrogen and oxygen atoms in total. The van der Waals surface area contributed by atoms with Gasteiger partial charge in [-0.15, -0.1) is 0 Å². The van der Waals surface area contributed by atoms with Gasteiger partial charge in [0.05, 0.1) is 17.9 Å². The Morgan fingerprint density at radius 2 is 2.16 bits per heavy atom. The van der Waals surface area contributed by atoms with Crippen LogP contribution in [0.1, 0.15) is 17.3 Å². The van der Waals surface area contributed by atoms with E-state index in [1.54, 1.807) is 6.92 Å². The Kier molecular flexibility index (Phi) is 4.87. The first-order valence-electron chi connectivity index (χ1n) is 5.41. The number of ether oxygens (including phenoxy) is 1. The Morgan fingerprint density at radius 1 is 1.53 bits per heavy atom. The molecule has 0 radical (unpaired) electrons. The van der Waals surface area contributed by atoms with Gasteiger partial charge in [-0.25, -0.2) is 18.4 Å². The van der Waals surface area contributed by atoms with Crippen LogP contribution in [0.2, 0.25) is 0 Å². The number of carboxylic acid groups (broad SMARTS) is 1. The van der Waals surface area contributed by atoms with Crippen molar-refractivity contribution >= 4 is 21.7 Å². The van der Waals surface area contributed by atoms with Gasteiger partial charge in [-0.3, -0.25) is 0 Å². The quantitative estimate of drug-likeness (QED) is 0.700. The van der Waals surface area contributed by atoms with Crippen LogP contribution in [0.4, 0.5) is 5.69 Å². The van der Waals surface area contributed by atoms with Crippen molar-refractivity contribution in [3.05, 3.63) is 23.8 Å². The summed E-state index contributed by atoms with van der Waals surface area (Å²) in [5, 5.41) is 16.8. The van der Waals surface area contributed by atoms with Crippen LogP contribution >= 0.6 is 0 Å². The summed E-state index contributed by atoms with van der Waals surface area (Å²) in [5.41, 5.74) is 0.103. The number of aromatic carboxylic acids is 1. The third-order valence-corrected chi connectivity index (χ3v) is 3.30. The Balaban J connectivity index is 3.21. The molecule has 0 fully saturated rings. The number of carboxylic acids is 1. The molecule has 0 spiro atoms. The van der Waals surface area contributed by atoms with E-state index in [1.165, 1.54) is 19.2 Å². The molecule has 0 saturated carbocycles. The van der Waals surface area contributed by atoms with Gasteiger partial charge in [0.15, 0.2) is 0 Å². The zero-order chi connectivity index (χ0) is 14.6. The lowest BCUT2D eigenvalue weighted by Gasteiger charge is -2.17. The molecule has 4 N–H and O–H groups in total. The highest BCUT2D eigenvalue weighted by Gasteiger charge is 2.18. The maximum atomic E-state index is 11.5. The van der Waals surface area contributed by atoms with Gasteiger partial charge in [-0.1, -0.05) is 0 Å². The molecule has 0 aliphatic rings. The van der Waals surface area contributed by atoms with Crippen molar-refractivity contribution in [1.29, 1.82) is 0 Å². The molecule has 106 valence electrons. The molecule has 1 unspecified atom stereocenters. The van der Waals surface area contributed by atoms with Crippen LogP contribution in [0, 0.1) is 0 Å². The molecule has 0 aliphatic heterocycles. The lowest BCUT2D eigenvalue weighted by molar-refractivity contribution is 0.0696. The van der Waals surface area contributed by atoms with Crippen molar-refractivity contribution in [3.8, 4) is 0 Å². The summed E-state index contributed by atoms with van der Waals surface area (Å²) in [4.78, 5) is 10.6. The van der Waals surface area contributed by atoms with Gasteiger partial charge in [0, 0.05) is 13.2 Å². The Bertz CT molecular complexity index is 570. The fraction of sp³-hybridized carbons (Fsp3) is 0.364. The number of nitrogens with two attached hydrogens (primary N) is 1. The monoisotopic (exact) mass is 288 g/mol. The summed E-state index contributed by atoms with van der Waals surface area (Å²) in [6, 6.07) is 3.55. The fourth-order valence-corrected chi connectivity index (χ4v) is 2.29. The Labute approximate surface area is 111 Å². The van der Waals surface area contributed by atoms with E-state index in [9.17, 15) is 13.2 Å². The summed E-state index contributed by atoms with van der Waals surface area (Å²) < 4.78 is 27.9. The normalized spacial score (nSPS) is 13.0. The fourth-order valence-electron chi connectivity index (χ4n) is 1.57. The largest absolute Gasteiger partial charge is 0.478 e. The van der Waals surface area contributed by atoms with Crippen molar-refractivity contribution in [3.63, 3.8) is 0 Å². The molecular formula is C11H16N2O5S. The summed E-state index contributed by atoms with van der Waals surface area (Å²) in [6.45, 7) is 2.16. The van der Waals surface area contributed by atoms with Gasteiger partial charge < -0.3 is 15.2 Å². The third-order valence-electron chi connectivity index (χ3n) is 2.35. The predicted molar refractivity (Wildman–Crippen MR) is 69.7 cm³/mol. The zero-order valence-electron chi connectivity index (χ0n) is 10.6. The number of carbonyl (C=O) groups is 1. The van der Waals surface area contributed by atoms with E-state index < -0.39 is 16.0 Å². The maximum absolute atomic E-state index is 11.5. The van der Waals surface area contributed by atoms with Gasteiger partial charge in [0.1, 0.15) is 4.90 Å². The van der Waals surface area contributed by atoms with E-state index in [2.05, 4.69) is 5.32 Å². The second-order valence-electron chi connectivity index (χ2n) is 4.06. The molecule has 0 heterocycles. The van der Waals surface area contributed by atoms with E-state index in [0.29, 0.717) is 6.61 Å². The van der Waals surface area contributed by atoms with Crippen molar-refractivity contribution in [2.45, 2.75) is 17.9 Å². The SMILES string of the molecule is COCC(C)Nc1ccc(C(=O)O)cc1S(N)(=O)=O. The number of methoxy groups -OCH3 is 1. The van der Waals surface area contributed by atoms with Crippen LogP contribution in [-0.2, 0) is 14.8 Å². The first-order chi connectivity index (χ1) is 8.75. The molecule has 1 aromatic rings. The molecule has 1 rings (SSSR count). The van der Waals surface area contributed by atoms with Gasteiger partial charge in [0.25, 0.3) is 0 Å². The number of hydrogen-bond acceptors (Lipinski definition) is 5. The van der Waals surface area contributed by atoms with Crippen LogP contribution in [0.5, 0.6) is 0 Å². The summed E-state index contributed by atoms with van der Waals surface area (Å²) in [5.74, 6) is -1.22. The van der Waals surface area contributed by atoms with E-state index in [1.807, 2.05) is 0 Å². The van der Waals surface area contributed by atoms with Crippen LogP contribution < -0.4 is 10.5 Å². The van der Waals surface area contributed by atoms with Crippen molar-refractivity contribution in [2.24, 2.45) is 5.14 Å². The lowest BCUT2D eigenvalue weighted by Crippen LogP contribution is -2.23. The van der Waals surface area contributed by atoms with E-state index in [-0.39, 0.29) is 22.2 Å². The Morgan fingerprint density at radius 3 is 2.63 bits per heavy atom. The van der Waals surface area contributed by atoms with E-state index in [0.717, 1.165) is 6.07 Å². The highest BCUT2D eigenvalue weighted by Crippen LogP contribution is 2.22. The third kappa shape index (κ3) is 4.19. The highest BCUT2D eigenvalue weighted by atomic mass is 32.2. The molecule has 1 atom stereocenters. The molecule has 1 aromatic carbocycles. The zero-order valence-corrected chi connectivity index (χ0v) is 11.4. The van der Waals surface area contributed by atoms with Crippen LogP contribution in [0.25, 0.3) is 0 Å². The highest BCUT2D eigenvalue weighted by molar-refractivity contribution is 7.89. The molecule has 0 bridgehead atoms. The maximum Gasteiger partial charge on any atom is 0.335 e. The van der Waals surface area contributed by atoms with Gasteiger partial charge in [-0.05, 0) is 25.1 Å². The first kappa shape index (κ1) is 15.4. The van der Waals surface area contributed by atoms with Crippen molar-refractivity contribution in [1.82, 2.24) is 0 Å². The first-order valence-corrected chi connectivity index (χ1v) is 6.96. The van der Waals surface area contributed by atoms with Crippen LogP contribution in [-0.4, -0.2) is 39.3 Å². The average molecular weight is 288 g/mol. The molecular weight excluding hydrogens is 272 g/mol. The lowest BCUT2D eigenvalue weighted by atomic mass is 10.2. The average Bonchev–Trinajstić information content (AvgIpc) is 2.27. The topological polar surface area (TPSA) is 119 Å². The smallest absolute Gasteiger partial charge is 0.335 e. The van der Waals surface area contributed by atoms with Gasteiger partial charge >= 0.3 is 5.97 Å². The summed E-state index contributed by atoms with van der Waals surface area (Å²) in [6.07, 6.45) is 0. The second-order valence-corrected chi connectivity index (χ2v) is 5.59. The minimum Gasteiger partial charge on any atom is -0.478 e. The summed E-state index contributed by atoms with van der Waals surface area (Å²) in [7, 11) is -2.50. The van der Waals surface area contributed by atoms with Crippen LogP contribution in [0.15, 0.2) is 23.1 Å². The predicted octanol–water partition coefficient (Wildman–Crippen LogP) is 0.479. The molecule has 0 aromatic heterocycles. The number of hydrogen-bond donors (Lipinski definition) is 3. The number of sulfonamides is 1. The molecule has 0 amide bonds. The molecule has 0 saturated heterocycles. The molecule has 19 heavy (non-hydrogen) atoms. The van der Waals surface area contributed by atoms with Crippen molar-refractivity contribution < 1.29 is 23.1 Å². The van der Waals surface area contributed by atoms with Crippen molar-refractivity contribution in [2.75, 3.05) is 19.0 Å². The minimum atomic E-state index is -4.02. The molecule has 8 heteroatoms. The minimum absolute atomic E-state index is 0.144. The second kappa shape index (κ2) is 6.00. The van der Waals surface area contributed by atoms with Gasteiger partial charge in [0.2, 0.25) is 10.0 Å².